The van der Waals surface area contributed by atoms with E-state index in [-0.39, 0.29) is 5.91 Å². The summed E-state index contributed by atoms with van der Waals surface area (Å²) in [6, 6.07) is 15.2. The maximum atomic E-state index is 12.4. The Hall–Kier alpha value is -3.22. The van der Waals surface area contributed by atoms with E-state index in [0.29, 0.717) is 5.56 Å². The Bertz CT molecular complexity index is 852. The predicted octanol–water partition coefficient (Wildman–Crippen LogP) is 2.90. The second-order valence-corrected chi connectivity index (χ2v) is 6.35. The Morgan fingerprint density at radius 2 is 1.58 bits per heavy atom. The molecule has 1 aliphatic heterocycles. The van der Waals surface area contributed by atoms with Crippen LogP contribution in [0.25, 0.3) is 5.69 Å². The lowest BCUT2D eigenvalue weighted by molar-refractivity contribution is 0.102. The molecule has 0 aliphatic carbocycles. The maximum absolute atomic E-state index is 12.4. The van der Waals surface area contributed by atoms with Crippen LogP contribution in [-0.4, -0.2) is 39.2 Å². The summed E-state index contributed by atoms with van der Waals surface area (Å²) in [4.78, 5) is 14.8. The number of nitrogens with zero attached hydrogens (tertiary/aromatic N) is 5. The molecule has 0 saturated carbocycles. The van der Waals surface area contributed by atoms with Gasteiger partial charge in [-0.15, -0.1) is 5.10 Å². The van der Waals surface area contributed by atoms with Crippen molar-refractivity contribution in [3.05, 3.63) is 60.4 Å². The number of tetrazole rings is 1. The highest BCUT2D eigenvalue weighted by Gasteiger charge is 2.11. The van der Waals surface area contributed by atoms with Gasteiger partial charge in [-0.2, -0.15) is 0 Å². The average Bonchev–Trinajstić information content (AvgIpc) is 3.24. The molecule has 1 saturated heterocycles. The Morgan fingerprint density at radius 1 is 0.885 bits per heavy atom. The number of hydrogen-bond donors (Lipinski definition) is 1. The van der Waals surface area contributed by atoms with Gasteiger partial charge in [0.25, 0.3) is 5.91 Å². The first-order valence-corrected chi connectivity index (χ1v) is 8.79. The highest BCUT2D eigenvalue weighted by atomic mass is 16.1. The largest absolute Gasteiger partial charge is 0.372 e. The minimum Gasteiger partial charge on any atom is -0.372 e. The van der Waals surface area contributed by atoms with Crippen molar-refractivity contribution in [1.29, 1.82) is 0 Å². The fourth-order valence-corrected chi connectivity index (χ4v) is 3.16. The van der Waals surface area contributed by atoms with Gasteiger partial charge in [0, 0.05) is 30.0 Å². The molecule has 7 heteroatoms. The molecule has 4 rings (SSSR count). The van der Waals surface area contributed by atoms with Crippen LogP contribution in [-0.2, 0) is 0 Å². The van der Waals surface area contributed by atoms with Crippen LogP contribution in [0.3, 0.4) is 0 Å². The molecule has 0 spiro atoms. The Labute approximate surface area is 151 Å². The van der Waals surface area contributed by atoms with Crippen molar-refractivity contribution in [3.8, 4) is 5.69 Å². The van der Waals surface area contributed by atoms with Gasteiger partial charge in [-0.3, -0.25) is 4.79 Å². The van der Waals surface area contributed by atoms with Crippen molar-refractivity contribution in [2.24, 2.45) is 0 Å². The molecule has 1 fully saturated rings. The molecular weight excluding hydrogens is 328 g/mol. The molecule has 0 atom stereocenters. The summed E-state index contributed by atoms with van der Waals surface area (Å²) in [5.41, 5.74) is 3.40. The third kappa shape index (κ3) is 3.56. The molecule has 1 aliphatic rings. The van der Waals surface area contributed by atoms with Gasteiger partial charge in [-0.25, -0.2) is 4.68 Å². The predicted molar refractivity (Wildman–Crippen MR) is 99.6 cm³/mol. The standard InChI is InChI=1S/C19H20N6O/c26-19(15-4-8-18(9-5-15)25-14-20-22-23-25)21-16-6-10-17(11-7-16)24-12-2-1-3-13-24/h4-11,14H,1-3,12-13H2,(H,21,26). The van der Waals surface area contributed by atoms with Crippen LogP contribution < -0.4 is 10.2 Å². The van der Waals surface area contributed by atoms with Crippen LogP contribution >= 0.6 is 0 Å². The maximum Gasteiger partial charge on any atom is 0.255 e. The molecule has 0 bridgehead atoms. The van der Waals surface area contributed by atoms with Crippen LogP contribution in [0, 0.1) is 0 Å². The lowest BCUT2D eigenvalue weighted by Gasteiger charge is -2.28. The van der Waals surface area contributed by atoms with Crippen molar-refractivity contribution >= 4 is 17.3 Å². The summed E-state index contributed by atoms with van der Waals surface area (Å²) in [6.45, 7) is 2.22. The van der Waals surface area contributed by atoms with Gasteiger partial charge >= 0.3 is 0 Å². The lowest BCUT2D eigenvalue weighted by Crippen LogP contribution is -2.29. The molecule has 3 aromatic rings. The van der Waals surface area contributed by atoms with Crippen LogP contribution in [0.4, 0.5) is 11.4 Å². The topological polar surface area (TPSA) is 75.9 Å². The monoisotopic (exact) mass is 348 g/mol. The minimum atomic E-state index is -0.140. The first-order chi connectivity index (χ1) is 12.8. The second kappa shape index (κ2) is 7.35. The molecule has 132 valence electrons. The summed E-state index contributed by atoms with van der Waals surface area (Å²) in [5, 5.41) is 14.0. The smallest absolute Gasteiger partial charge is 0.255 e. The number of anilines is 2. The number of carbonyl (C=O) groups is 1. The summed E-state index contributed by atoms with van der Waals surface area (Å²) in [5.74, 6) is -0.140. The summed E-state index contributed by atoms with van der Waals surface area (Å²) in [7, 11) is 0. The van der Waals surface area contributed by atoms with Gasteiger partial charge in [0.1, 0.15) is 6.33 Å². The second-order valence-electron chi connectivity index (χ2n) is 6.35. The zero-order chi connectivity index (χ0) is 17.8. The number of piperidine rings is 1. The van der Waals surface area contributed by atoms with E-state index < -0.39 is 0 Å². The van der Waals surface area contributed by atoms with Crippen molar-refractivity contribution in [1.82, 2.24) is 20.2 Å². The van der Waals surface area contributed by atoms with Gasteiger partial charge in [-0.05, 0) is 78.2 Å². The molecule has 0 unspecified atom stereocenters. The van der Waals surface area contributed by atoms with Gasteiger partial charge in [0.05, 0.1) is 5.69 Å². The third-order valence-electron chi connectivity index (χ3n) is 4.59. The molecule has 2 aromatic carbocycles. The van der Waals surface area contributed by atoms with Crippen LogP contribution in [0.15, 0.2) is 54.9 Å². The zero-order valence-electron chi connectivity index (χ0n) is 14.4. The lowest BCUT2D eigenvalue weighted by atomic mass is 10.1. The molecule has 1 aromatic heterocycles. The first kappa shape index (κ1) is 16.3. The van der Waals surface area contributed by atoms with E-state index >= 15 is 0 Å². The molecule has 2 heterocycles. The molecule has 7 nitrogen and oxygen atoms in total. The highest BCUT2D eigenvalue weighted by Crippen LogP contribution is 2.22. The first-order valence-electron chi connectivity index (χ1n) is 8.79. The van der Waals surface area contributed by atoms with E-state index in [4.69, 9.17) is 0 Å². The summed E-state index contributed by atoms with van der Waals surface area (Å²) >= 11 is 0. The van der Waals surface area contributed by atoms with Crippen LogP contribution in [0.1, 0.15) is 29.6 Å². The van der Waals surface area contributed by atoms with Crippen LogP contribution in [0.5, 0.6) is 0 Å². The van der Waals surface area contributed by atoms with Gasteiger partial charge < -0.3 is 10.2 Å². The summed E-state index contributed by atoms with van der Waals surface area (Å²) in [6.07, 6.45) is 5.33. The van der Waals surface area contributed by atoms with Crippen molar-refractivity contribution in [2.75, 3.05) is 23.3 Å². The quantitative estimate of drug-likeness (QED) is 0.784. The van der Waals surface area contributed by atoms with E-state index in [0.717, 1.165) is 24.5 Å². The number of rotatable bonds is 4. The van der Waals surface area contributed by atoms with E-state index in [1.54, 1.807) is 16.8 Å². The van der Waals surface area contributed by atoms with E-state index in [2.05, 4.69) is 37.9 Å². The molecule has 1 N–H and O–H groups in total. The fourth-order valence-electron chi connectivity index (χ4n) is 3.16. The average molecular weight is 348 g/mol. The number of carbonyl (C=O) groups excluding carboxylic acids is 1. The normalized spacial score (nSPS) is 14.2. The van der Waals surface area contributed by atoms with Crippen molar-refractivity contribution < 1.29 is 4.79 Å². The van der Waals surface area contributed by atoms with Gasteiger partial charge in [0.15, 0.2) is 0 Å². The van der Waals surface area contributed by atoms with E-state index in [1.165, 1.54) is 31.3 Å². The van der Waals surface area contributed by atoms with Crippen LogP contribution in [0.2, 0.25) is 0 Å². The zero-order valence-corrected chi connectivity index (χ0v) is 14.4. The van der Waals surface area contributed by atoms with Gasteiger partial charge in [-0.1, -0.05) is 0 Å². The van der Waals surface area contributed by atoms with Crippen molar-refractivity contribution in [2.45, 2.75) is 19.3 Å². The Kier molecular flexibility index (Phi) is 4.59. The SMILES string of the molecule is O=C(Nc1ccc(N2CCCCC2)cc1)c1ccc(-n2cnnn2)cc1. The number of benzene rings is 2. The van der Waals surface area contributed by atoms with E-state index in [1.807, 2.05) is 24.3 Å². The van der Waals surface area contributed by atoms with Gasteiger partial charge in [0.2, 0.25) is 0 Å². The molecular formula is C19H20N6O. The van der Waals surface area contributed by atoms with E-state index in [9.17, 15) is 4.79 Å². The fraction of sp³-hybridized carbons (Fsp3) is 0.263. The molecule has 0 radical (unpaired) electrons. The highest BCUT2D eigenvalue weighted by molar-refractivity contribution is 6.04. The third-order valence-corrected chi connectivity index (χ3v) is 4.59. The number of aromatic nitrogens is 4. The number of nitrogens with one attached hydrogen (secondary N) is 1. The summed E-state index contributed by atoms with van der Waals surface area (Å²) < 4.78 is 1.54. The Morgan fingerprint density at radius 3 is 2.23 bits per heavy atom. The molecule has 1 amide bonds. The molecule has 26 heavy (non-hydrogen) atoms. The number of amides is 1. The number of hydrogen-bond acceptors (Lipinski definition) is 5. The minimum absolute atomic E-state index is 0.140. The van der Waals surface area contributed by atoms with Crippen molar-refractivity contribution in [3.63, 3.8) is 0 Å². The Balaban J connectivity index is 1.41.